The molecule has 2 aliphatic carbocycles. The van der Waals surface area contributed by atoms with Crippen molar-refractivity contribution in [3.05, 3.63) is 65.2 Å². The van der Waals surface area contributed by atoms with E-state index in [9.17, 15) is 4.79 Å². The summed E-state index contributed by atoms with van der Waals surface area (Å²) in [6.07, 6.45) is 4.07. The third-order valence-electron chi connectivity index (χ3n) is 6.51. The third-order valence-corrected chi connectivity index (χ3v) is 6.51. The summed E-state index contributed by atoms with van der Waals surface area (Å²) in [6, 6.07) is 16.5. The van der Waals surface area contributed by atoms with E-state index in [1.165, 1.54) is 36.1 Å². The number of hydrogen-bond donors (Lipinski definition) is 2. The van der Waals surface area contributed by atoms with E-state index < -0.39 is 5.97 Å². The van der Waals surface area contributed by atoms with Crippen LogP contribution in [0.4, 0.5) is 5.69 Å². The molecule has 3 aliphatic rings. The molecule has 2 fully saturated rings. The van der Waals surface area contributed by atoms with Crippen LogP contribution in [0, 0.1) is 17.8 Å². The monoisotopic (exact) mass is 319 g/mol. The molecule has 0 radical (unpaired) electrons. The first-order chi connectivity index (χ1) is 11.7. The van der Waals surface area contributed by atoms with Crippen molar-refractivity contribution >= 4 is 11.7 Å². The molecule has 2 saturated carbocycles. The van der Waals surface area contributed by atoms with Crippen LogP contribution in [0.5, 0.6) is 0 Å². The van der Waals surface area contributed by atoms with Gasteiger partial charge in [0.15, 0.2) is 0 Å². The predicted octanol–water partition coefficient (Wildman–Crippen LogP) is 4.68. The first-order valence-corrected chi connectivity index (χ1v) is 8.91. The summed E-state index contributed by atoms with van der Waals surface area (Å²) in [5, 5.41) is 12.9. The maximum absolute atomic E-state index is 11.1. The maximum Gasteiger partial charge on any atom is 0.335 e. The second-order valence-corrected chi connectivity index (χ2v) is 7.57. The van der Waals surface area contributed by atoms with Gasteiger partial charge in [-0.05, 0) is 72.3 Å². The molecule has 1 aliphatic heterocycles. The van der Waals surface area contributed by atoms with Crippen LogP contribution in [0.25, 0.3) is 0 Å². The number of carboxylic acids is 1. The molecule has 0 unspecified atom stereocenters. The SMILES string of the molecule is O=C(O)c1ccc([C@@H]2Nc3ccccc3[C@H]3[C@H]4CC[C@@H](C4)[C@H]32)cc1. The average Bonchev–Trinajstić information content (AvgIpc) is 3.23. The third kappa shape index (κ3) is 1.94. The van der Waals surface area contributed by atoms with Gasteiger partial charge in [0.05, 0.1) is 11.6 Å². The molecule has 0 aromatic heterocycles. The first kappa shape index (κ1) is 14.1. The Morgan fingerprint density at radius 2 is 1.75 bits per heavy atom. The number of carboxylic acid groups (broad SMARTS) is 1. The van der Waals surface area contributed by atoms with E-state index in [1.807, 2.05) is 12.1 Å². The fourth-order valence-corrected chi connectivity index (χ4v) is 5.60. The Kier molecular flexibility index (Phi) is 2.99. The van der Waals surface area contributed by atoms with Crippen molar-refractivity contribution in [1.29, 1.82) is 0 Å². The van der Waals surface area contributed by atoms with Gasteiger partial charge in [-0.2, -0.15) is 0 Å². The van der Waals surface area contributed by atoms with Crippen molar-refractivity contribution in [3.63, 3.8) is 0 Å². The van der Waals surface area contributed by atoms with Crippen LogP contribution >= 0.6 is 0 Å². The predicted molar refractivity (Wildman–Crippen MR) is 93.3 cm³/mol. The standard InChI is InChI=1S/C21H21NO2/c23-21(24)13-7-5-12(6-8-13)20-19-15-10-9-14(11-15)18(19)16-3-1-2-4-17(16)22-20/h1-8,14-15,18-20,22H,9-11H2,(H,23,24)/t14-,15-,18+,19+,20-/m0/s1. The van der Waals surface area contributed by atoms with E-state index in [-0.39, 0.29) is 0 Å². The normalized spacial score (nSPS) is 32.8. The van der Waals surface area contributed by atoms with Crippen LogP contribution in [-0.2, 0) is 0 Å². The fourth-order valence-electron chi connectivity index (χ4n) is 5.60. The van der Waals surface area contributed by atoms with Crippen molar-refractivity contribution in [3.8, 4) is 0 Å². The molecule has 122 valence electrons. The minimum atomic E-state index is -0.860. The topological polar surface area (TPSA) is 49.3 Å². The largest absolute Gasteiger partial charge is 0.478 e. The molecule has 2 N–H and O–H groups in total. The number of para-hydroxylation sites is 1. The van der Waals surface area contributed by atoms with Crippen molar-refractivity contribution in [2.24, 2.45) is 17.8 Å². The Bertz CT molecular complexity index is 798. The number of carbonyl (C=O) groups is 1. The molecule has 2 aromatic rings. The molecule has 5 atom stereocenters. The lowest BCUT2D eigenvalue weighted by Crippen LogP contribution is -2.35. The van der Waals surface area contributed by atoms with Crippen LogP contribution in [0.2, 0.25) is 0 Å². The molecule has 3 nitrogen and oxygen atoms in total. The van der Waals surface area contributed by atoms with E-state index in [4.69, 9.17) is 5.11 Å². The van der Waals surface area contributed by atoms with Crippen molar-refractivity contribution < 1.29 is 9.90 Å². The average molecular weight is 319 g/mol. The Morgan fingerprint density at radius 1 is 1.00 bits per heavy atom. The van der Waals surface area contributed by atoms with Gasteiger partial charge in [-0.3, -0.25) is 0 Å². The molecule has 0 amide bonds. The molecule has 24 heavy (non-hydrogen) atoms. The van der Waals surface area contributed by atoms with Crippen LogP contribution in [-0.4, -0.2) is 11.1 Å². The zero-order valence-electron chi connectivity index (χ0n) is 13.5. The summed E-state index contributed by atoms with van der Waals surface area (Å²) in [6.45, 7) is 0. The summed E-state index contributed by atoms with van der Waals surface area (Å²) in [7, 11) is 0. The van der Waals surface area contributed by atoms with E-state index >= 15 is 0 Å². The summed E-state index contributed by atoms with van der Waals surface area (Å²) < 4.78 is 0. The number of benzene rings is 2. The van der Waals surface area contributed by atoms with Gasteiger partial charge in [-0.1, -0.05) is 30.3 Å². The van der Waals surface area contributed by atoms with Gasteiger partial charge in [0.1, 0.15) is 0 Å². The van der Waals surface area contributed by atoms with Gasteiger partial charge in [0.25, 0.3) is 0 Å². The first-order valence-electron chi connectivity index (χ1n) is 8.91. The van der Waals surface area contributed by atoms with Crippen LogP contribution in [0.1, 0.15) is 52.7 Å². The lowest BCUT2D eigenvalue weighted by molar-refractivity contribution is 0.0697. The number of nitrogens with one attached hydrogen (secondary N) is 1. The maximum atomic E-state index is 11.1. The van der Waals surface area contributed by atoms with Gasteiger partial charge in [-0.25, -0.2) is 4.79 Å². The highest BCUT2D eigenvalue weighted by molar-refractivity contribution is 5.87. The molecular formula is C21H21NO2. The molecule has 0 saturated heterocycles. The molecule has 3 heteroatoms. The number of rotatable bonds is 2. The second-order valence-electron chi connectivity index (χ2n) is 7.57. The summed E-state index contributed by atoms with van der Waals surface area (Å²) in [5.74, 6) is 2.05. The van der Waals surface area contributed by atoms with Crippen molar-refractivity contribution in [2.75, 3.05) is 5.32 Å². The number of anilines is 1. The zero-order valence-corrected chi connectivity index (χ0v) is 13.5. The van der Waals surface area contributed by atoms with Gasteiger partial charge in [0, 0.05) is 5.69 Å². The summed E-state index contributed by atoms with van der Waals surface area (Å²) in [4.78, 5) is 11.1. The van der Waals surface area contributed by atoms with Gasteiger partial charge in [-0.15, -0.1) is 0 Å². The fraction of sp³-hybridized carbons (Fsp3) is 0.381. The Balaban J connectivity index is 1.58. The Labute approximate surface area is 141 Å². The second kappa shape index (κ2) is 5.10. The minimum absolute atomic E-state index is 0.294. The van der Waals surface area contributed by atoms with Gasteiger partial charge >= 0.3 is 5.97 Å². The highest BCUT2D eigenvalue weighted by atomic mass is 16.4. The number of aromatic carboxylic acids is 1. The summed E-state index contributed by atoms with van der Waals surface area (Å²) in [5.41, 5.74) is 4.34. The van der Waals surface area contributed by atoms with Crippen molar-refractivity contribution in [2.45, 2.75) is 31.2 Å². The van der Waals surface area contributed by atoms with E-state index in [1.54, 1.807) is 12.1 Å². The zero-order chi connectivity index (χ0) is 16.3. The lowest BCUT2D eigenvalue weighted by atomic mass is 9.68. The van der Waals surface area contributed by atoms with Gasteiger partial charge < -0.3 is 10.4 Å². The Hall–Kier alpha value is -2.29. The molecule has 2 aromatic carbocycles. The smallest absolute Gasteiger partial charge is 0.335 e. The number of fused-ring (bicyclic) bond motifs is 7. The molecule has 2 bridgehead atoms. The van der Waals surface area contributed by atoms with Crippen LogP contribution in [0.3, 0.4) is 0 Å². The van der Waals surface area contributed by atoms with E-state index in [0.717, 1.165) is 11.8 Å². The van der Waals surface area contributed by atoms with Crippen molar-refractivity contribution in [1.82, 2.24) is 0 Å². The Morgan fingerprint density at radius 3 is 2.54 bits per heavy atom. The molecular weight excluding hydrogens is 298 g/mol. The van der Waals surface area contributed by atoms with E-state index in [0.29, 0.717) is 23.4 Å². The highest BCUT2D eigenvalue weighted by Crippen LogP contribution is 2.63. The van der Waals surface area contributed by atoms with E-state index in [2.05, 4.69) is 29.6 Å². The molecule has 5 rings (SSSR count). The molecule has 0 spiro atoms. The van der Waals surface area contributed by atoms with Crippen LogP contribution in [0.15, 0.2) is 48.5 Å². The van der Waals surface area contributed by atoms with Crippen LogP contribution < -0.4 is 5.32 Å². The number of hydrogen-bond acceptors (Lipinski definition) is 2. The minimum Gasteiger partial charge on any atom is -0.478 e. The molecule has 1 heterocycles. The highest BCUT2D eigenvalue weighted by Gasteiger charge is 2.53. The quantitative estimate of drug-likeness (QED) is 0.845. The lowest BCUT2D eigenvalue weighted by Gasteiger charge is -2.43. The van der Waals surface area contributed by atoms with Gasteiger partial charge in [0.2, 0.25) is 0 Å². The summed E-state index contributed by atoms with van der Waals surface area (Å²) >= 11 is 0.